The van der Waals surface area contributed by atoms with Crippen LogP contribution in [0.3, 0.4) is 0 Å². The Kier molecular flexibility index (Phi) is 5.25. The summed E-state index contributed by atoms with van der Waals surface area (Å²) < 4.78 is 0. The summed E-state index contributed by atoms with van der Waals surface area (Å²) >= 11 is 0. The first kappa shape index (κ1) is 17.2. The molecule has 1 atom stereocenters. The lowest BCUT2D eigenvalue weighted by molar-refractivity contribution is 0.0645. The van der Waals surface area contributed by atoms with Gasteiger partial charge < -0.3 is 10.2 Å². The molecule has 0 unspecified atom stereocenters. The average molecular weight is 350 g/mol. The monoisotopic (exact) mass is 350 g/mol. The van der Waals surface area contributed by atoms with Crippen LogP contribution in [0.5, 0.6) is 0 Å². The van der Waals surface area contributed by atoms with E-state index in [0.717, 1.165) is 56.3 Å². The van der Waals surface area contributed by atoms with Gasteiger partial charge in [-0.1, -0.05) is 6.07 Å². The first-order valence-electron chi connectivity index (χ1n) is 9.68. The Morgan fingerprint density at radius 2 is 1.92 bits per heavy atom. The van der Waals surface area contributed by atoms with Crippen molar-refractivity contribution in [2.45, 2.75) is 51.1 Å². The maximum absolute atomic E-state index is 13.4. The average Bonchev–Trinajstić information content (AvgIpc) is 2.99. The fraction of sp³-hybridized carbons (Fsp3) is 0.476. The van der Waals surface area contributed by atoms with Crippen LogP contribution in [-0.2, 0) is 19.4 Å². The number of hydrogen-bond acceptors (Lipinski definition) is 4. The minimum Gasteiger partial charge on any atom is -0.331 e. The molecule has 1 aliphatic carbocycles. The summed E-state index contributed by atoms with van der Waals surface area (Å²) in [7, 11) is 0. The van der Waals surface area contributed by atoms with Gasteiger partial charge in [0.1, 0.15) is 6.33 Å². The Morgan fingerprint density at radius 3 is 2.81 bits per heavy atom. The van der Waals surface area contributed by atoms with E-state index in [1.807, 2.05) is 23.4 Å². The van der Waals surface area contributed by atoms with E-state index in [2.05, 4.69) is 27.4 Å². The maximum Gasteiger partial charge on any atom is 0.254 e. The van der Waals surface area contributed by atoms with Crippen molar-refractivity contribution in [3.8, 4) is 0 Å². The fourth-order valence-electron chi connectivity index (χ4n) is 4.16. The van der Waals surface area contributed by atoms with E-state index in [-0.39, 0.29) is 11.9 Å². The van der Waals surface area contributed by atoms with Crippen LogP contribution in [0.25, 0.3) is 0 Å². The second-order valence-corrected chi connectivity index (χ2v) is 7.35. The van der Waals surface area contributed by atoms with E-state index in [1.165, 1.54) is 23.9 Å². The molecule has 1 aromatic carbocycles. The molecule has 2 aromatic rings. The molecule has 5 nitrogen and oxygen atoms in total. The number of aryl methyl sites for hydroxylation is 2. The van der Waals surface area contributed by atoms with Crippen LogP contribution < -0.4 is 5.32 Å². The molecule has 1 aliphatic heterocycles. The molecule has 1 saturated heterocycles. The van der Waals surface area contributed by atoms with Gasteiger partial charge in [0.2, 0.25) is 0 Å². The minimum atomic E-state index is 0.135. The van der Waals surface area contributed by atoms with E-state index in [9.17, 15) is 4.79 Å². The second kappa shape index (κ2) is 7.96. The Hall–Kier alpha value is -2.27. The van der Waals surface area contributed by atoms with Gasteiger partial charge in [-0.25, -0.2) is 9.97 Å². The molecule has 0 radical (unpaired) electrons. The Balaban J connectivity index is 1.61. The number of nitrogens with one attached hydrogen (secondary N) is 1. The summed E-state index contributed by atoms with van der Waals surface area (Å²) in [6.07, 6.45) is 11.7. The van der Waals surface area contributed by atoms with Crippen molar-refractivity contribution in [1.82, 2.24) is 20.2 Å². The predicted octanol–water partition coefficient (Wildman–Crippen LogP) is 2.75. The van der Waals surface area contributed by atoms with Crippen LogP contribution in [0.2, 0.25) is 0 Å². The molecule has 136 valence electrons. The van der Waals surface area contributed by atoms with Crippen LogP contribution in [0, 0.1) is 0 Å². The van der Waals surface area contributed by atoms with Crippen molar-refractivity contribution in [3.63, 3.8) is 0 Å². The highest BCUT2D eigenvalue weighted by molar-refractivity contribution is 5.94. The SMILES string of the molecule is O=C(c1ccc2c(c1)CCC2)N(Cc1cncnc1)[C@@H]1CCCNCC1. The van der Waals surface area contributed by atoms with E-state index >= 15 is 0 Å². The third-order valence-electron chi connectivity index (χ3n) is 5.56. The molecule has 2 heterocycles. The van der Waals surface area contributed by atoms with Gasteiger partial charge in [-0.3, -0.25) is 4.79 Å². The Morgan fingerprint density at radius 1 is 1.08 bits per heavy atom. The summed E-state index contributed by atoms with van der Waals surface area (Å²) in [5.41, 5.74) is 4.56. The third kappa shape index (κ3) is 3.78. The molecule has 26 heavy (non-hydrogen) atoms. The minimum absolute atomic E-state index is 0.135. The molecule has 1 N–H and O–H groups in total. The van der Waals surface area contributed by atoms with E-state index in [1.54, 1.807) is 0 Å². The lowest BCUT2D eigenvalue weighted by Gasteiger charge is -2.31. The number of rotatable bonds is 4. The van der Waals surface area contributed by atoms with Gasteiger partial charge in [0.05, 0.1) is 0 Å². The first-order chi connectivity index (χ1) is 12.8. The van der Waals surface area contributed by atoms with Crippen LogP contribution >= 0.6 is 0 Å². The largest absolute Gasteiger partial charge is 0.331 e. The molecule has 0 saturated carbocycles. The zero-order valence-corrected chi connectivity index (χ0v) is 15.2. The number of aromatic nitrogens is 2. The number of amides is 1. The summed E-state index contributed by atoms with van der Waals surface area (Å²) in [6.45, 7) is 2.57. The van der Waals surface area contributed by atoms with Crippen molar-refractivity contribution in [2.24, 2.45) is 0 Å². The van der Waals surface area contributed by atoms with Crippen LogP contribution in [0.1, 0.15) is 52.7 Å². The molecular formula is C21H26N4O. The van der Waals surface area contributed by atoms with Crippen LogP contribution in [0.4, 0.5) is 0 Å². The number of benzene rings is 1. The van der Waals surface area contributed by atoms with Gasteiger partial charge in [-0.05, 0) is 74.9 Å². The van der Waals surface area contributed by atoms with Crippen LogP contribution in [-0.4, -0.2) is 39.9 Å². The second-order valence-electron chi connectivity index (χ2n) is 7.35. The highest BCUT2D eigenvalue weighted by atomic mass is 16.2. The van der Waals surface area contributed by atoms with E-state index in [4.69, 9.17) is 0 Å². The number of carbonyl (C=O) groups is 1. The fourth-order valence-corrected chi connectivity index (χ4v) is 4.16. The van der Waals surface area contributed by atoms with E-state index < -0.39 is 0 Å². The number of carbonyl (C=O) groups excluding carboxylic acids is 1. The van der Waals surface area contributed by atoms with Gasteiger partial charge in [-0.2, -0.15) is 0 Å². The molecule has 1 fully saturated rings. The lowest BCUT2D eigenvalue weighted by atomic mass is 10.0. The summed E-state index contributed by atoms with van der Waals surface area (Å²) in [4.78, 5) is 23.7. The molecule has 4 rings (SSSR count). The topological polar surface area (TPSA) is 58.1 Å². The molecular weight excluding hydrogens is 324 g/mol. The third-order valence-corrected chi connectivity index (χ3v) is 5.56. The highest BCUT2D eigenvalue weighted by Crippen LogP contribution is 2.25. The van der Waals surface area contributed by atoms with Gasteiger partial charge in [-0.15, -0.1) is 0 Å². The zero-order valence-electron chi connectivity index (χ0n) is 15.2. The molecule has 1 aromatic heterocycles. The van der Waals surface area contributed by atoms with Crippen LogP contribution in [0.15, 0.2) is 36.9 Å². The summed E-state index contributed by atoms with van der Waals surface area (Å²) in [5, 5.41) is 3.45. The molecule has 1 amide bonds. The van der Waals surface area contributed by atoms with Crippen molar-refractivity contribution in [1.29, 1.82) is 0 Å². The maximum atomic E-state index is 13.4. The highest BCUT2D eigenvalue weighted by Gasteiger charge is 2.26. The summed E-state index contributed by atoms with van der Waals surface area (Å²) in [5.74, 6) is 0.135. The standard InChI is InChI=1S/C21H26N4O/c26-21(19-7-6-17-3-1-4-18(17)11-19)25(14-16-12-23-15-24-13-16)20-5-2-9-22-10-8-20/h6-7,11-13,15,20,22H,1-5,8-10,14H2/t20-/m1/s1. The quantitative estimate of drug-likeness (QED) is 0.921. The molecule has 2 aliphatic rings. The predicted molar refractivity (Wildman–Crippen MR) is 101 cm³/mol. The van der Waals surface area contributed by atoms with Gasteiger partial charge in [0.15, 0.2) is 0 Å². The van der Waals surface area contributed by atoms with Crippen molar-refractivity contribution < 1.29 is 4.79 Å². The van der Waals surface area contributed by atoms with Crippen molar-refractivity contribution in [2.75, 3.05) is 13.1 Å². The van der Waals surface area contributed by atoms with Crippen molar-refractivity contribution >= 4 is 5.91 Å². The number of fused-ring (bicyclic) bond motifs is 1. The lowest BCUT2D eigenvalue weighted by Crippen LogP contribution is -2.40. The van der Waals surface area contributed by atoms with Crippen molar-refractivity contribution in [3.05, 3.63) is 59.2 Å². The van der Waals surface area contributed by atoms with Gasteiger partial charge >= 0.3 is 0 Å². The number of hydrogen-bond donors (Lipinski definition) is 1. The normalized spacial score (nSPS) is 19.6. The van der Waals surface area contributed by atoms with Gasteiger partial charge in [0.25, 0.3) is 5.91 Å². The first-order valence-corrected chi connectivity index (χ1v) is 9.68. The summed E-state index contributed by atoms with van der Waals surface area (Å²) in [6, 6.07) is 6.53. The number of nitrogens with zero attached hydrogens (tertiary/aromatic N) is 3. The molecule has 0 bridgehead atoms. The smallest absolute Gasteiger partial charge is 0.254 e. The van der Waals surface area contributed by atoms with E-state index in [0.29, 0.717) is 6.54 Å². The molecule has 5 heteroatoms. The zero-order chi connectivity index (χ0) is 17.8. The van der Waals surface area contributed by atoms with Gasteiger partial charge in [0, 0.05) is 36.1 Å². The molecule has 0 spiro atoms. The Labute approximate surface area is 154 Å². The Bertz CT molecular complexity index is 754.